The van der Waals surface area contributed by atoms with Crippen molar-refractivity contribution >= 4 is 23.5 Å². The van der Waals surface area contributed by atoms with Crippen molar-refractivity contribution in [2.24, 2.45) is 5.92 Å². The van der Waals surface area contributed by atoms with Gasteiger partial charge in [-0.15, -0.1) is 0 Å². The van der Waals surface area contributed by atoms with Gasteiger partial charge < -0.3 is 10.4 Å². The molecule has 0 heterocycles. The molecule has 0 saturated heterocycles. The lowest BCUT2D eigenvalue weighted by Crippen LogP contribution is -2.46. The molecule has 2 atom stereocenters. The van der Waals surface area contributed by atoms with Crippen molar-refractivity contribution in [3.8, 4) is 0 Å². The molecule has 0 radical (unpaired) electrons. The van der Waals surface area contributed by atoms with E-state index in [1.165, 1.54) is 0 Å². The van der Waals surface area contributed by atoms with Crippen molar-refractivity contribution in [2.45, 2.75) is 32.9 Å². The Morgan fingerprint density at radius 3 is 2.67 bits per heavy atom. The van der Waals surface area contributed by atoms with Crippen LogP contribution in [0.5, 0.6) is 0 Å². The Kier molecular flexibility index (Phi) is 7.19. The van der Waals surface area contributed by atoms with Crippen LogP contribution >= 0.6 is 11.6 Å². The summed E-state index contributed by atoms with van der Waals surface area (Å²) in [6.07, 6.45) is 0.730. The first-order chi connectivity index (χ1) is 9.93. The van der Waals surface area contributed by atoms with Crippen LogP contribution in [0.4, 0.5) is 0 Å². The number of halogens is 1. The van der Waals surface area contributed by atoms with Gasteiger partial charge in [-0.2, -0.15) is 0 Å². The molecular weight excluding hydrogens is 292 g/mol. The van der Waals surface area contributed by atoms with Crippen LogP contribution in [-0.4, -0.2) is 29.6 Å². The average molecular weight is 313 g/mol. The zero-order valence-electron chi connectivity index (χ0n) is 12.2. The van der Waals surface area contributed by atoms with E-state index in [0.29, 0.717) is 11.6 Å². The molecule has 0 unspecified atom stereocenters. The molecule has 0 saturated carbocycles. The summed E-state index contributed by atoms with van der Waals surface area (Å²) in [6, 6.07) is 6.49. The lowest BCUT2D eigenvalue weighted by molar-refractivity contribution is -0.140. The fourth-order valence-electron chi connectivity index (χ4n) is 1.88. The highest BCUT2D eigenvalue weighted by Crippen LogP contribution is 2.10. The quantitative estimate of drug-likeness (QED) is 0.686. The lowest BCUT2D eigenvalue weighted by Gasteiger charge is -2.19. The third-order valence-corrected chi connectivity index (χ3v) is 3.58. The van der Waals surface area contributed by atoms with Crippen LogP contribution in [0.25, 0.3) is 0 Å². The Labute approximate surface area is 129 Å². The fraction of sp³-hybridized carbons (Fsp3) is 0.467. The van der Waals surface area contributed by atoms with Crippen molar-refractivity contribution in [1.82, 2.24) is 10.6 Å². The Morgan fingerprint density at radius 2 is 2.10 bits per heavy atom. The maximum absolute atomic E-state index is 11.7. The van der Waals surface area contributed by atoms with Gasteiger partial charge in [0.15, 0.2) is 0 Å². The van der Waals surface area contributed by atoms with Gasteiger partial charge in [-0.05, 0) is 23.6 Å². The minimum absolute atomic E-state index is 0.0259. The molecule has 116 valence electrons. The van der Waals surface area contributed by atoms with Gasteiger partial charge in [0.05, 0.1) is 6.54 Å². The van der Waals surface area contributed by atoms with Crippen molar-refractivity contribution in [3.05, 3.63) is 34.9 Å². The van der Waals surface area contributed by atoms with Gasteiger partial charge >= 0.3 is 5.97 Å². The molecule has 6 heteroatoms. The topological polar surface area (TPSA) is 78.4 Å². The van der Waals surface area contributed by atoms with Gasteiger partial charge in [0.25, 0.3) is 0 Å². The summed E-state index contributed by atoms with van der Waals surface area (Å²) < 4.78 is 0. The molecular formula is C15H21ClN2O3. The number of hydrogen-bond acceptors (Lipinski definition) is 3. The highest BCUT2D eigenvalue weighted by molar-refractivity contribution is 6.30. The molecule has 0 spiro atoms. The second kappa shape index (κ2) is 8.64. The van der Waals surface area contributed by atoms with E-state index in [9.17, 15) is 9.59 Å². The maximum Gasteiger partial charge on any atom is 0.320 e. The Hall–Kier alpha value is -1.59. The Bertz CT molecular complexity index is 494. The summed E-state index contributed by atoms with van der Waals surface area (Å²) in [6.45, 7) is 4.10. The molecule has 0 fully saturated rings. The second-order valence-corrected chi connectivity index (χ2v) is 5.43. The van der Waals surface area contributed by atoms with Crippen LogP contribution < -0.4 is 10.6 Å². The number of carbonyl (C=O) groups excluding carboxylic acids is 1. The molecule has 0 aliphatic rings. The molecule has 5 nitrogen and oxygen atoms in total. The maximum atomic E-state index is 11.7. The van der Waals surface area contributed by atoms with Gasteiger partial charge in [-0.3, -0.25) is 14.9 Å². The van der Waals surface area contributed by atoms with Gasteiger partial charge in [0.2, 0.25) is 5.91 Å². The van der Waals surface area contributed by atoms with Crippen LogP contribution in [0.2, 0.25) is 5.02 Å². The molecule has 1 rings (SSSR count). The van der Waals surface area contributed by atoms with Crippen molar-refractivity contribution in [3.63, 3.8) is 0 Å². The van der Waals surface area contributed by atoms with Crippen LogP contribution in [0.1, 0.15) is 25.8 Å². The van der Waals surface area contributed by atoms with Crippen LogP contribution in [0.15, 0.2) is 24.3 Å². The molecule has 1 amide bonds. The lowest BCUT2D eigenvalue weighted by atomic mass is 9.99. The number of carbonyl (C=O) groups is 2. The van der Waals surface area contributed by atoms with Crippen LogP contribution in [0.3, 0.4) is 0 Å². The molecule has 21 heavy (non-hydrogen) atoms. The van der Waals surface area contributed by atoms with E-state index in [0.717, 1.165) is 12.0 Å². The number of aliphatic carboxylic acids is 1. The Morgan fingerprint density at radius 1 is 1.38 bits per heavy atom. The molecule has 0 aromatic heterocycles. The number of rotatable bonds is 8. The smallest absolute Gasteiger partial charge is 0.320 e. The number of hydrogen-bond donors (Lipinski definition) is 3. The molecule has 1 aromatic carbocycles. The average Bonchev–Trinajstić information content (AvgIpc) is 2.44. The zero-order valence-corrected chi connectivity index (χ0v) is 13.0. The van der Waals surface area contributed by atoms with Gasteiger partial charge in [0, 0.05) is 11.6 Å². The first kappa shape index (κ1) is 17.5. The SMILES string of the molecule is CC[C@H](C)[C@H](NCC(=O)NCc1cccc(Cl)c1)C(=O)O. The summed E-state index contributed by atoms with van der Waals surface area (Å²) in [5, 5.41) is 15.2. The fourth-order valence-corrected chi connectivity index (χ4v) is 2.09. The summed E-state index contributed by atoms with van der Waals surface area (Å²) in [5.41, 5.74) is 0.896. The summed E-state index contributed by atoms with van der Waals surface area (Å²) in [7, 11) is 0. The van der Waals surface area contributed by atoms with Crippen LogP contribution in [0, 0.1) is 5.92 Å². The highest BCUT2D eigenvalue weighted by Gasteiger charge is 2.23. The largest absolute Gasteiger partial charge is 0.480 e. The van der Waals surface area contributed by atoms with E-state index in [1.54, 1.807) is 12.1 Å². The zero-order chi connectivity index (χ0) is 15.8. The summed E-state index contributed by atoms with van der Waals surface area (Å²) >= 11 is 5.86. The summed E-state index contributed by atoms with van der Waals surface area (Å²) in [4.78, 5) is 22.9. The standard InChI is InChI=1S/C15H21ClN2O3/c1-3-10(2)14(15(20)21)18-9-13(19)17-8-11-5-4-6-12(16)7-11/h4-7,10,14,18H,3,8-9H2,1-2H3,(H,17,19)(H,20,21)/t10-,14-/m0/s1. The minimum atomic E-state index is -0.938. The second-order valence-electron chi connectivity index (χ2n) is 4.99. The van der Waals surface area contributed by atoms with Gasteiger partial charge in [-0.1, -0.05) is 44.0 Å². The highest BCUT2D eigenvalue weighted by atomic mass is 35.5. The predicted octanol–water partition coefficient (Wildman–Crippen LogP) is 2.05. The monoisotopic (exact) mass is 312 g/mol. The first-order valence-electron chi connectivity index (χ1n) is 6.91. The van der Waals surface area contributed by atoms with Crippen LogP contribution in [-0.2, 0) is 16.1 Å². The third kappa shape index (κ3) is 6.14. The molecule has 0 bridgehead atoms. The number of carboxylic acids is 1. The molecule has 0 aliphatic heterocycles. The minimum Gasteiger partial charge on any atom is -0.480 e. The molecule has 1 aromatic rings. The van der Waals surface area contributed by atoms with Crippen molar-refractivity contribution < 1.29 is 14.7 Å². The molecule has 3 N–H and O–H groups in total. The van der Waals surface area contributed by atoms with E-state index in [2.05, 4.69) is 10.6 Å². The molecule has 0 aliphatic carbocycles. The number of carboxylic acid groups (broad SMARTS) is 1. The van der Waals surface area contributed by atoms with Gasteiger partial charge in [0.1, 0.15) is 6.04 Å². The third-order valence-electron chi connectivity index (χ3n) is 3.34. The Balaban J connectivity index is 2.41. The van der Waals surface area contributed by atoms with Crippen molar-refractivity contribution in [2.75, 3.05) is 6.54 Å². The number of amides is 1. The van der Waals surface area contributed by atoms with Crippen molar-refractivity contribution in [1.29, 1.82) is 0 Å². The number of benzene rings is 1. The van der Waals surface area contributed by atoms with E-state index >= 15 is 0 Å². The van der Waals surface area contributed by atoms with E-state index in [-0.39, 0.29) is 18.4 Å². The normalized spacial score (nSPS) is 13.5. The number of nitrogens with one attached hydrogen (secondary N) is 2. The predicted molar refractivity (Wildman–Crippen MR) is 82.2 cm³/mol. The summed E-state index contributed by atoms with van der Waals surface area (Å²) in [5.74, 6) is -1.22. The van der Waals surface area contributed by atoms with Gasteiger partial charge in [-0.25, -0.2) is 0 Å². The first-order valence-corrected chi connectivity index (χ1v) is 7.29. The van der Waals surface area contributed by atoms with E-state index in [1.807, 2.05) is 26.0 Å². The van der Waals surface area contributed by atoms with E-state index in [4.69, 9.17) is 16.7 Å². The van der Waals surface area contributed by atoms with E-state index < -0.39 is 12.0 Å².